The van der Waals surface area contributed by atoms with Gasteiger partial charge in [-0.15, -0.1) is 6.58 Å². The average molecular weight is 347 g/mol. The van der Waals surface area contributed by atoms with Gasteiger partial charge in [0.05, 0.1) is 23.9 Å². The molecule has 2 heterocycles. The van der Waals surface area contributed by atoms with Crippen LogP contribution in [-0.4, -0.2) is 61.9 Å². The Bertz CT molecular complexity index is 836. The minimum Gasteiger partial charge on any atom is -0.389 e. The molecular weight excluding hydrogens is 326 g/mol. The molecule has 1 aliphatic carbocycles. The number of amides is 1. The number of carbonyl (C=O) groups excluding carboxylic acids is 1. The van der Waals surface area contributed by atoms with E-state index in [1.165, 1.54) is 19.5 Å². The molecule has 0 saturated heterocycles. The molecular formula is C15H21N7O3. The number of nitrogens with one attached hydrogen (secondary N) is 2. The average Bonchev–Trinajstić information content (AvgIpc) is 3.14. The highest BCUT2D eigenvalue weighted by molar-refractivity contribution is 5.86. The monoisotopic (exact) mass is 347 g/mol. The van der Waals surface area contributed by atoms with Gasteiger partial charge in [0.1, 0.15) is 6.10 Å². The van der Waals surface area contributed by atoms with E-state index in [0.717, 1.165) is 0 Å². The zero-order chi connectivity index (χ0) is 18.4. The summed E-state index contributed by atoms with van der Waals surface area (Å²) >= 11 is 0. The Hall–Kier alpha value is -2.72. The molecule has 0 aliphatic heterocycles. The number of anilines is 2. The molecule has 10 nitrogen and oxygen atoms in total. The first-order valence-electron chi connectivity index (χ1n) is 7.79. The standard InChI is InChI=1S/C15H21N7O3/c1-4-15(13(25)18-3)5-7(9(23)10(15)24)22-6-19-8-11(17-2)20-14(16)21-12(8)22/h4,6-7,9-10,23-24H,1,5H2,2-3H3,(H,18,25)(H3,16,17,20,21)/t7-,9-,10?,15+/m1/s1. The van der Waals surface area contributed by atoms with Crippen LogP contribution in [0.2, 0.25) is 0 Å². The molecule has 0 spiro atoms. The number of nitrogens with two attached hydrogens (primary N) is 1. The number of aromatic nitrogens is 4. The van der Waals surface area contributed by atoms with Gasteiger partial charge in [-0.3, -0.25) is 4.79 Å². The van der Waals surface area contributed by atoms with Crippen LogP contribution in [0.15, 0.2) is 19.0 Å². The molecule has 1 fully saturated rings. The van der Waals surface area contributed by atoms with Gasteiger partial charge in [-0.2, -0.15) is 9.97 Å². The van der Waals surface area contributed by atoms with Crippen molar-refractivity contribution >= 4 is 28.8 Å². The quantitative estimate of drug-likeness (QED) is 0.443. The van der Waals surface area contributed by atoms with Gasteiger partial charge in [-0.1, -0.05) is 6.08 Å². The molecule has 1 saturated carbocycles. The zero-order valence-electron chi connectivity index (χ0n) is 14.0. The maximum absolute atomic E-state index is 12.3. The van der Waals surface area contributed by atoms with Crippen molar-refractivity contribution in [3.63, 3.8) is 0 Å². The first kappa shape index (κ1) is 17.1. The molecule has 2 aromatic rings. The SMILES string of the molecule is C=C[C@]1(C(=O)NC)C[C@@H](n2cnc3c(NC)nc(N)nc32)[C@@H](O)C1O. The summed E-state index contributed by atoms with van der Waals surface area (Å²) < 4.78 is 1.61. The highest BCUT2D eigenvalue weighted by Gasteiger charge is 2.56. The largest absolute Gasteiger partial charge is 0.389 e. The number of fused-ring (bicyclic) bond motifs is 1. The molecule has 6 N–H and O–H groups in total. The first-order chi connectivity index (χ1) is 11.9. The van der Waals surface area contributed by atoms with Crippen molar-refractivity contribution in [2.24, 2.45) is 5.41 Å². The normalized spacial score (nSPS) is 28.9. The summed E-state index contributed by atoms with van der Waals surface area (Å²) in [6.07, 6.45) is 0.491. The lowest BCUT2D eigenvalue weighted by atomic mass is 9.82. The topological polar surface area (TPSA) is 151 Å². The third-order valence-corrected chi connectivity index (χ3v) is 4.84. The Morgan fingerprint density at radius 1 is 1.48 bits per heavy atom. The fourth-order valence-electron chi connectivity index (χ4n) is 3.47. The van der Waals surface area contributed by atoms with Crippen LogP contribution in [0.3, 0.4) is 0 Å². The smallest absolute Gasteiger partial charge is 0.232 e. The summed E-state index contributed by atoms with van der Waals surface area (Å²) in [5.74, 6) is 0.0921. The van der Waals surface area contributed by atoms with Gasteiger partial charge in [0.2, 0.25) is 11.9 Å². The molecule has 0 aromatic carbocycles. The Morgan fingerprint density at radius 2 is 2.20 bits per heavy atom. The van der Waals surface area contributed by atoms with Crippen molar-refractivity contribution in [3.05, 3.63) is 19.0 Å². The summed E-state index contributed by atoms with van der Waals surface area (Å²) in [4.78, 5) is 24.9. The van der Waals surface area contributed by atoms with E-state index in [4.69, 9.17) is 5.73 Å². The van der Waals surface area contributed by atoms with Gasteiger partial charge in [0.15, 0.2) is 17.0 Å². The Morgan fingerprint density at radius 3 is 2.80 bits per heavy atom. The van der Waals surface area contributed by atoms with Crippen LogP contribution in [-0.2, 0) is 4.79 Å². The summed E-state index contributed by atoms with van der Waals surface area (Å²) in [6.45, 7) is 3.68. The third-order valence-electron chi connectivity index (χ3n) is 4.84. The molecule has 1 aliphatic rings. The molecule has 0 bridgehead atoms. The van der Waals surface area contributed by atoms with Crippen LogP contribution < -0.4 is 16.4 Å². The lowest BCUT2D eigenvalue weighted by Crippen LogP contribution is -2.45. The fraction of sp³-hybridized carbons (Fsp3) is 0.467. The minimum absolute atomic E-state index is 0.0490. The molecule has 1 unspecified atom stereocenters. The highest BCUT2D eigenvalue weighted by Crippen LogP contribution is 2.46. The van der Waals surface area contributed by atoms with Gasteiger partial charge in [-0.05, 0) is 6.42 Å². The number of rotatable bonds is 4. The van der Waals surface area contributed by atoms with Gasteiger partial charge in [-0.25, -0.2) is 4.98 Å². The van der Waals surface area contributed by atoms with E-state index in [1.54, 1.807) is 11.6 Å². The van der Waals surface area contributed by atoms with Gasteiger partial charge in [0, 0.05) is 14.1 Å². The number of nitrogens with zero attached hydrogens (tertiary/aromatic N) is 4. The Balaban J connectivity index is 2.11. The predicted octanol–water partition coefficient (Wildman–Crippen LogP) is -0.965. The van der Waals surface area contributed by atoms with Crippen LogP contribution in [0.5, 0.6) is 0 Å². The number of hydrogen-bond donors (Lipinski definition) is 5. The summed E-state index contributed by atoms with van der Waals surface area (Å²) in [5.41, 5.74) is 5.33. The van der Waals surface area contributed by atoms with Crippen molar-refractivity contribution in [1.82, 2.24) is 24.8 Å². The van der Waals surface area contributed by atoms with Crippen LogP contribution in [0, 0.1) is 5.41 Å². The number of hydrogen-bond acceptors (Lipinski definition) is 8. The van der Waals surface area contributed by atoms with E-state index in [1.807, 2.05) is 0 Å². The second-order valence-electron chi connectivity index (χ2n) is 6.03. The molecule has 0 radical (unpaired) electrons. The van der Waals surface area contributed by atoms with Crippen LogP contribution in [0.4, 0.5) is 11.8 Å². The van der Waals surface area contributed by atoms with Crippen LogP contribution >= 0.6 is 0 Å². The maximum Gasteiger partial charge on any atom is 0.232 e. The van der Waals surface area contributed by atoms with Gasteiger partial charge in [0.25, 0.3) is 0 Å². The van der Waals surface area contributed by atoms with E-state index >= 15 is 0 Å². The number of aliphatic hydroxyl groups is 2. The number of nitrogen functional groups attached to an aromatic ring is 1. The lowest BCUT2D eigenvalue weighted by Gasteiger charge is -2.27. The third kappa shape index (κ3) is 2.33. The minimum atomic E-state index is -1.31. The summed E-state index contributed by atoms with van der Waals surface area (Å²) in [5, 5.41) is 26.5. The van der Waals surface area contributed by atoms with Crippen molar-refractivity contribution < 1.29 is 15.0 Å². The van der Waals surface area contributed by atoms with E-state index in [9.17, 15) is 15.0 Å². The number of carbonyl (C=O) groups is 1. The lowest BCUT2D eigenvalue weighted by molar-refractivity contribution is -0.134. The maximum atomic E-state index is 12.3. The van der Waals surface area contributed by atoms with Gasteiger partial charge < -0.3 is 31.1 Å². The van der Waals surface area contributed by atoms with Crippen LogP contribution in [0.25, 0.3) is 11.2 Å². The molecule has 4 atom stereocenters. The van der Waals surface area contributed by atoms with Crippen molar-refractivity contribution in [3.8, 4) is 0 Å². The summed E-state index contributed by atoms with van der Waals surface area (Å²) in [6, 6.07) is -0.630. The fourth-order valence-corrected chi connectivity index (χ4v) is 3.47. The predicted molar refractivity (Wildman–Crippen MR) is 91.6 cm³/mol. The van der Waals surface area contributed by atoms with Crippen molar-refractivity contribution in [1.29, 1.82) is 0 Å². The molecule has 1 amide bonds. The number of aliphatic hydroxyl groups excluding tert-OH is 2. The van der Waals surface area contributed by atoms with Crippen LogP contribution in [0.1, 0.15) is 12.5 Å². The number of imidazole rings is 1. The molecule has 3 rings (SSSR count). The van der Waals surface area contributed by atoms with E-state index in [-0.39, 0.29) is 12.4 Å². The van der Waals surface area contributed by atoms with E-state index < -0.39 is 29.6 Å². The van der Waals surface area contributed by atoms with Crippen molar-refractivity contribution in [2.75, 3.05) is 25.1 Å². The molecule has 2 aromatic heterocycles. The molecule has 134 valence electrons. The second-order valence-corrected chi connectivity index (χ2v) is 6.03. The zero-order valence-corrected chi connectivity index (χ0v) is 14.0. The molecule has 25 heavy (non-hydrogen) atoms. The van der Waals surface area contributed by atoms with E-state index in [0.29, 0.717) is 17.0 Å². The molecule has 10 heteroatoms. The van der Waals surface area contributed by atoms with E-state index in [2.05, 4.69) is 32.2 Å². The van der Waals surface area contributed by atoms with Crippen molar-refractivity contribution in [2.45, 2.75) is 24.7 Å². The Kier molecular flexibility index (Phi) is 4.09. The highest BCUT2D eigenvalue weighted by atomic mass is 16.3. The summed E-state index contributed by atoms with van der Waals surface area (Å²) in [7, 11) is 3.16. The van der Waals surface area contributed by atoms with Gasteiger partial charge >= 0.3 is 0 Å². The Labute approximate surface area is 143 Å². The first-order valence-corrected chi connectivity index (χ1v) is 7.79. The second kappa shape index (κ2) is 5.97.